The van der Waals surface area contributed by atoms with Gasteiger partial charge in [-0.25, -0.2) is 0 Å². The zero-order valence-corrected chi connectivity index (χ0v) is 7.99. The molecule has 1 aromatic carbocycles. The third-order valence-corrected chi connectivity index (χ3v) is 1.68. The zero-order chi connectivity index (χ0) is 8.97. The van der Waals surface area contributed by atoms with E-state index in [1.807, 2.05) is 24.3 Å². The monoisotopic (exact) mass is 201 g/mol. The van der Waals surface area contributed by atoms with E-state index >= 15 is 0 Å². The van der Waals surface area contributed by atoms with Crippen molar-refractivity contribution in [3.8, 4) is 0 Å². The van der Waals surface area contributed by atoms with Crippen LogP contribution >= 0.6 is 23.2 Å². The number of halogens is 2. The average molecular weight is 202 g/mol. The predicted molar refractivity (Wildman–Crippen MR) is 54.9 cm³/mol. The third-order valence-electron chi connectivity index (χ3n) is 1.31. The Kier molecular flexibility index (Phi) is 3.45. The van der Waals surface area contributed by atoms with Crippen LogP contribution < -0.4 is 5.32 Å². The van der Waals surface area contributed by atoms with Gasteiger partial charge < -0.3 is 5.32 Å². The first-order valence-corrected chi connectivity index (χ1v) is 4.27. The van der Waals surface area contributed by atoms with Gasteiger partial charge in [0.25, 0.3) is 0 Å². The fourth-order valence-corrected chi connectivity index (χ4v) is 1.05. The topological polar surface area (TPSA) is 12.0 Å². The van der Waals surface area contributed by atoms with Crippen molar-refractivity contribution in [2.75, 3.05) is 11.9 Å². The second kappa shape index (κ2) is 4.39. The second-order valence-electron chi connectivity index (χ2n) is 2.38. The van der Waals surface area contributed by atoms with Crippen LogP contribution in [-0.4, -0.2) is 6.54 Å². The molecular formula is C9H9Cl2N. The van der Waals surface area contributed by atoms with Crippen molar-refractivity contribution in [3.63, 3.8) is 0 Å². The SMILES string of the molecule is C=C(Cl)CNc1cccc(Cl)c1. The summed E-state index contributed by atoms with van der Waals surface area (Å²) in [5.41, 5.74) is 0.948. The molecule has 1 N–H and O–H groups in total. The van der Waals surface area contributed by atoms with Gasteiger partial charge in [0.1, 0.15) is 0 Å². The fraction of sp³-hybridized carbons (Fsp3) is 0.111. The molecule has 0 aliphatic rings. The maximum atomic E-state index is 5.76. The Morgan fingerprint density at radius 3 is 2.83 bits per heavy atom. The molecule has 0 saturated heterocycles. The van der Waals surface area contributed by atoms with Crippen molar-refractivity contribution in [3.05, 3.63) is 40.9 Å². The van der Waals surface area contributed by atoms with Crippen molar-refractivity contribution >= 4 is 28.9 Å². The molecule has 0 spiro atoms. The van der Waals surface area contributed by atoms with Gasteiger partial charge in [-0.3, -0.25) is 0 Å². The largest absolute Gasteiger partial charge is 0.380 e. The number of hydrogen-bond acceptors (Lipinski definition) is 1. The first kappa shape index (κ1) is 9.43. The summed E-state index contributed by atoms with van der Waals surface area (Å²) in [6, 6.07) is 7.46. The molecule has 0 amide bonds. The first-order valence-electron chi connectivity index (χ1n) is 3.51. The lowest BCUT2D eigenvalue weighted by Crippen LogP contribution is -1.99. The number of anilines is 1. The van der Waals surface area contributed by atoms with Gasteiger partial charge in [-0.15, -0.1) is 0 Å². The summed E-state index contributed by atoms with van der Waals surface area (Å²) in [6.07, 6.45) is 0. The summed E-state index contributed by atoms with van der Waals surface area (Å²) in [6.45, 7) is 4.12. The Bertz CT molecular complexity index is 284. The summed E-state index contributed by atoms with van der Waals surface area (Å²) in [5.74, 6) is 0. The maximum absolute atomic E-state index is 5.76. The lowest BCUT2D eigenvalue weighted by Gasteiger charge is -2.04. The molecule has 0 heterocycles. The molecule has 1 aromatic rings. The highest BCUT2D eigenvalue weighted by atomic mass is 35.5. The molecule has 0 unspecified atom stereocenters. The smallest absolute Gasteiger partial charge is 0.0501 e. The van der Waals surface area contributed by atoms with E-state index in [0.29, 0.717) is 16.6 Å². The molecule has 0 fully saturated rings. The molecular weight excluding hydrogens is 193 g/mol. The maximum Gasteiger partial charge on any atom is 0.0501 e. The van der Waals surface area contributed by atoms with E-state index in [1.54, 1.807) is 0 Å². The number of nitrogens with one attached hydrogen (secondary N) is 1. The molecule has 0 radical (unpaired) electrons. The predicted octanol–water partition coefficient (Wildman–Crippen LogP) is 3.50. The molecule has 3 heteroatoms. The van der Waals surface area contributed by atoms with E-state index in [-0.39, 0.29) is 0 Å². The third kappa shape index (κ3) is 3.16. The molecule has 0 saturated carbocycles. The van der Waals surface area contributed by atoms with Crippen LogP contribution in [0.1, 0.15) is 0 Å². The van der Waals surface area contributed by atoms with Gasteiger partial charge >= 0.3 is 0 Å². The number of rotatable bonds is 3. The number of benzene rings is 1. The van der Waals surface area contributed by atoms with E-state index in [2.05, 4.69) is 11.9 Å². The Hall–Kier alpha value is -0.660. The highest BCUT2D eigenvalue weighted by molar-refractivity contribution is 6.31. The highest BCUT2D eigenvalue weighted by Crippen LogP contribution is 2.15. The van der Waals surface area contributed by atoms with Gasteiger partial charge in [0.05, 0.1) is 6.54 Å². The Morgan fingerprint density at radius 1 is 1.50 bits per heavy atom. The number of hydrogen-bond donors (Lipinski definition) is 1. The molecule has 12 heavy (non-hydrogen) atoms. The van der Waals surface area contributed by atoms with Crippen molar-refractivity contribution < 1.29 is 0 Å². The fourth-order valence-electron chi connectivity index (χ4n) is 0.796. The molecule has 1 rings (SSSR count). The van der Waals surface area contributed by atoms with Crippen molar-refractivity contribution in [1.29, 1.82) is 0 Å². The minimum absolute atomic E-state index is 0.557. The molecule has 0 aliphatic heterocycles. The second-order valence-corrected chi connectivity index (χ2v) is 3.35. The van der Waals surface area contributed by atoms with Crippen LogP contribution in [0.3, 0.4) is 0 Å². The Balaban J connectivity index is 2.57. The van der Waals surface area contributed by atoms with Crippen LogP contribution in [-0.2, 0) is 0 Å². The molecule has 1 nitrogen and oxygen atoms in total. The highest BCUT2D eigenvalue weighted by Gasteiger charge is 1.92. The van der Waals surface area contributed by atoms with E-state index in [4.69, 9.17) is 23.2 Å². The lowest BCUT2D eigenvalue weighted by molar-refractivity contribution is 1.32. The van der Waals surface area contributed by atoms with E-state index in [0.717, 1.165) is 5.69 Å². The molecule has 0 atom stereocenters. The van der Waals surface area contributed by atoms with Gasteiger partial charge in [0.15, 0.2) is 0 Å². The van der Waals surface area contributed by atoms with Gasteiger partial charge in [0, 0.05) is 15.7 Å². The van der Waals surface area contributed by atoms with Crippen LogP contribution in [0.2, 0.25) is 5.02 Å². The molecule has 0 aliphatic carbocycles. The van der Waals surface area contributed by atoms with Crippen molar-refractivity contribution in [2.24, 2.45) is 0 Å². The van der Waals surface area contributed by atoms with Gasteiger partial charge in [-0.1, -0.05) is 35.8 Å². The zero-order valence-electron chi connectivity index (χ0n) is 6.48. The normalized spacial score (nSPS) is 9.50. The van der Waals surface area contributed by atoms with E-state index in [1.165, 1.54) is 0 Å². The van der Waals surface area contributed by atoms with Crippen LogP contribution in [0.4, 0.5) is 5.69 Å². The van der Waals surface area contributed by atoms with Gasteiger partial charge in [-0.2, -0.15) is 0 Å². The Morgan fingerprint density at radius 2 is 2.25 bits per heavy atom. The first-order chi connectivity index (χ1) is 5.68. The molecule has 64 valence electrons. The lowest BCUT2D eigenvalue weighted by atomic mass is 10.3. The minimum Gasteiger partial charge on any atom is -0.380 e. The van der Waals surface area contributed by atoms with Crippen molar-refractivity contribution in [2.45, 2.75) is 0 Å². The van der Waals surface area contributed by atoms with Crippen LogP contribution in [0.15, 0.2) is 35.9 Å². The van der Waals surface area contributed by atoms with Crippen molar-refractivity contribution in [1.82, 2.24) is 0 Å². The summed E-state index contributed by atoms with van der Waals surface area (Å²) >= 11 is 11.3. The van der Waals surface area contributed by atoms with Crippen LogP contribution in [0, 0.1) is 0 Å². The van der Waals surface area contributed by atoms with Gasteiger partial charge in [-0.05, 0) is 18.2 Å². The van der Waals surface area contributed by atoms with Crippen LogP contribution in [0.5, 0.6) is 0 Å². The Labute approximate surface area is 82.0 Å². The summed E-state index contributed by atoms with van der Waals surface area (Å²) in [5, 5.41) is 4.36. The van der Waals surface area contributed by atoms with E-state index < -0.39 is 0 Å². The van der Waals surface area contributed by atoms with Gasteiger partial charge in [0.2, 0.25) is 0 Å². The quantitative estimate of drug-likeness (QED) is 0.790. The summed E-state index contributed by atoms with van der Waals surface area (Å²) < 4.78 is 0. The van der Waals surface area contributed by atoms with Crippen LogP contribution in [0.25, 0.3) is 0 Å². The minimum atomic E-state index is 0.557. The summed E-state index contributed by atoms with van der Waals surface area (Å²) in [7, 11) is 0. The standard InChI is InChI=1S/C9H9Cl2N/c1-7(10)6-12-9-4-2-3-8(11)5-9/h2-5,12H,1,6H2. The summed E-state index contributed by atoms with van der Waals surface area (Å²) in [4.78, 5) is 0. The van der Waals surface area contributed by atoms with E-state index in [9.17, 15) is 0 Å². The molecule has 0 bridgehead atoms. The molecule has 0 aromatic heterocycles. The average Bonchev–Trinajstić information content (AvgIpc) is 2.01.